The molecule has 0 aromatic heterocycles. The Kier molecular flexibility index (Phi) is 5.37. The number of nitrogens with one attached hydrogen (secondary N) is 2. The highest BCUT2D eigenvalue weighted by molar-refractivity contribution is 6.06. The molecule has 0 aliphatic carbocycles. The second-order valence-corrected chi connectivity index (χ2v) is 4.98. The molecule has 23 heavy (non-hydrogen) atoms. The van der Waals surface area contributed by atoms with E-state index in [2.05, 4.69) is 10.6 Å². The molecule has 0 saturated carbocycles. The van der Waals surface area contributed by atoms with E-state index < -0.39 is 5.91 Å². The maximum atomic E-state index is 12.0. The van der Waals surface area contributed by atoms with Crippen LogP contribution in [0.25, 0.3) is 0 Å². The quantitative estimate of drug-likeness (QED) is 0.450. The fourth-order valence-corrected chi connectivity index (χ4v) is 1.96. The van der Waals surface area contributed by atoms with Crippen LogP contribution in [0.3, 0.4) is 0 Å². The van der Waals surface area contributed by atoms with Gasteiger partial charge in [-0.15, -0.1) is 0 Å². The smallest absolute Gasteiger partial charge is 0.267 e. The average Bonchev–Trinajstić information content (AvgIpc) is 2.55. The summed E-state index contributed by atoms with van der Waals surface area (Å²) >= 11 is 0. The number of nitriles is 1. The largest absolute Gasteiger partial charge is 0.508 e. The van der Waals surface area contributed by atoms with Crippen LogP contribution in [0.15, 0.2) is 60.3 Å². The van der Waals surface area contributed by atoms with Crippen molar-refractivity contribution in [1.82, 2.24) is 5.32 Å². The van der Waals surface area contributed by atoms with Gasteiger partial charge in [-0.1, -0.05) is 24.3 Å². The van der Waals surface area contributed by atoms with E-state index in [-0.39, 0.29) is 11.3 Å². The molecule has 0 aliphatic rings. The molecule has 0 saturated heterocycles. The van der Waals surface area contributed by atoms with Crippen LogP contribution in [0.1, 0.15) is 11.1 Å². The predicted molar refractivity (Wildman–Crippen MR) is 88.5 cm³/mol. The molecule has 0 unspecified atom stereocenters. The van der Waals surface area contributed by atoms with E-state index >= 15 is 0 Å². The maximum absolute atomic E-state index is 12.0. The third kappa shape index (κ3) is 4.61. The lowest BCUT2D eigenvalue weighted by Crippen LogP contribution is -2.16. The molecule has 0 bridgehead atoms. The van der Waals surface area contributed by atoms with E-state index in [1.54, 1.807) is 12.1 Å². The average molecular weight is 307 g/mol. The lowest BCUT2D eigenvalue weighted by atomic mass is 10.1. The normalized spacial score (nSPS) is 10.7. The van der Waals surface area contributed by atoms with Crippen molar-refractivity contribution in [2.45, 2.75) is 13.5 Å². The number of hydrogen-bond acceptors (Lipinski definition) is 4. The Hall–Kier alpha value is -3.26. The van der Waals surface area contributed by atoms with Crippen molar-refractivity contribution >= 4 is 11.6 Å². The molecule has 3 N–H and O–H groups in total. The summed E-state index contributed by atoms with van der Waals surface area (Å²) in [5.74, 6) is -0.394. The van der Waals surface area contributed by atoms with Crippen LogP contribution in [0.4, 0.5) is 5.69 Å². The van der Waals surface area contributed by atoms with Gasteiger partial charge in [-0.25, -0.2) is 0 Å². The SMILES string of the molecule is Cc1ccccc1CN/C=C(/C#N)C(=O)Nc1ccc(O)cc1. The molecule has 2 aromatic rings. The van der Waals surface area contributed by atoms with Crippen molar-refractivity contribution in [3.63, 3.8) is 0 Å². The number of benzene rings is 2. The van der Waals surface area contributed by atoms with Crippen molar-refractivity contribution in [2.24, 2.45) is 0 Å². The number of nitrogens with zero attached hydrogens (tertiary/aromatic N) is 1. The fraction of sp³-hybridized carbons (Fsp3) is 0.111. The Balaban J connectivity index is 1.98. The highest BCUT2D eigenvalue weighted by Crippen LogP contribution is 2.14. The van der Waals surface area contributed by atoms with Crippen LogP contribution in [0.5, 0.6) is 5.75 Å². The lowest BCUT2D eigenvalue weighted by molar-refractivity contribution is -0.112. The molecule has 2 rings (SSSR count). The lowest BCUT2D eigenvalue weighted by Gasteiger charge is -2.07. The summed E-state index contributed by atoms with van der Waals surface area (Å²) in [5.41, 5.74) is 2.72. The Morgan fingerprint density at radius 3 is 2.57 bits per heavy atom. The number of aryl methyl sites for hydroxylation is 1. The third-order valence-corrected chi connectivity index (χ3v) is 3.29. The number of phenols is 1. The highest BCUT2D eigenvalue weighted by Gasteiger charge is 2.09. The van der Waals surface area contributed by atoms with E-state index in [0.29, 0.717) is 12.2 Å². The number of anilines is 1. The molecule has 116 valence electrons. The van der Waals surface area contributed by atoms with Gasteiger partial charge in [-0.2, -0.15) is 5.26 Å². The van der Waals surface area contributed by atoms with Gasteiger partial charge in [0.05, 0.1) is 0 Å². The fourth-order valence-electron chi connectivity index (χ4n) is 1.96. The Morgan fingerprint density at radius 1 is 1.22 bits per heavy atom. The van der Waals surface area contributed by atoms with E-state index in [1.807, 2.05) is 37.3 Å². The van der Waals surface area contributed by atoms with Crippen LogP contribution in [0, 0.1) is 18.3 Å². The van der Waals surface area contributed by atoms with Crippen LogP contribution in [0.2, 0.25) is 0 Å². The maximum Gasteiger partial charge on any atom is 0.267 e. The number of carbonyl (C=O) groups is 1. The van der Waals surface area contributed by atoms with Gasteiger partial charge in [0.2, 0.25) is 0 Å². The van der Waals surface area contributed by atoms with Gasteiger partial charge in [0.1, 0.15) is 17.4 Å². The van der Waals surface area contributed by atoms with Crippen molar-refractivity contribution in [3.8, 4) is 11.8 Å². The Morgan fingerprint density at radius 2 is 1.91 bits per heavy atom. The number of carbonyl (C=O) groups excluding carboxylic acids is 1. The molecule has 0 fully saturated rings. The van der Waals surface area contributed by atoms with Crippen molar-refractivity contribution in [3.05, 3.63) is 71.4 Å². The second-order valence-electron chi connectivity index (χ2n) is 4.98. The zero-order chi connectivity index (χ0) is 16.7. The summed E-state index contributed by atoms with van der Waals surface area (Å²) in [7, 11) is 0. The van der Waals surface area contributed by atoms with E-state index in [1.165, 1.54) is 18.3 Å². The second kappa shape index (κ2) is 7.66. The summed E-state index contributed by atoms with van der Waals surface area (Å²) in [6, 6.07) is 15.8. The van der Waals surface area contributed by atoms with Crippen LogP contribution >= 0.6 is 0 Å². The van der Waals surface area contributed by atoms with Crippen LogP contribution in [-0.2, 0) is 11.3 Å². The molecule has 0 aliphatic heterocycles. The van der Waals surface area contributed by atoms with Gasteiger partial charge in [-0.05, 0) is 42.3 Å². The van der Waals surface area contributed by atoms with Gasteiger partial charge in [0, 0.05) is 18.4 Å². The summed E-state index contributed by atoms with van der Waals surface area (Å²) in [6.45, 7) is 2.54. The molecular formula is C18H17N3O2. The predicted octanol–water partition coefficient (Wildman–Crippen LogP) is 2.84. The van der Waals surface area contributed by atoms with Crippen LogP contribution in [-0.4, -0.2) is 11.0 Å². The van der Waals surface area contributed by atoms with Crippen molar-refractivity contribution < 1.29 is 9.90 Å². The summed E-state index contributed by atoms with van der Waals surface area (Å²) in [5, 5.41) is 23.9. The van der Waals surface area contributed by atoms with Crippen molar-refractivity contribution in [2.75, 3.05) is 5.32 Å². The first-order chi connectivity index (χ1) is 11.1. The standard InChI is InChI=1S/C18H17N3O2/c1-13-4-2-3-5-14(13)11-20-12-15(10-19)18(23)21-16-6-8-17(22)9-7-16/h2-9,12,20,22H,11H2,1H3,(H,21,23)/b15-12-. The van der Waals surface area contributed by atoms with E-state index in [4.69, 9.17) is 5.26 Å². The number of phenolic OH excluding ortho intramolecular Hbond substituents is 1. The highest BCUT2D eigenvalue weighted by atomic mass is 16.3. The van der Waals surface area contributed by atoms with Gasteiger partial charge in [0.25, 0.3) is 5.91 Å². The number of rotatable bonds is 5. The minimum Gasteiger partial charge on any atom is -0.508 e. The van der Waals surface area contributed by atoms with E-state index in [9.17, 15) is 9.90 Å². The first-order valence-corrected chi connectivity index (χ1v) is 7.08. The monoisotopic (exact) mass is 307 g/mol. The van der Waals surface area contributed by atoms with Gasteiger partial charge < -0.3 is 15.7 Å². The van der Waals surface area contributed by atoms with Crippen molar-refractivity contribution in [1.29, 1.82) is 5.26 Å². The molecule has 0 radical (unpaired) electrons. The number of amides is 1. The molecule has 1 amide bonds. The first kappa shape index (κ1) is 16.1. The third-order valence-electron chi connectivity index (χ3n) is 3.29. The zero-order valence-corrected chi connectivity index (χ0v) is 12.7. The molecule has 0 spiro atoms. The zero-order valence-electron chi connectivity index (χ0n) is 12.7. The summed E-state index contributed by atoms with van der Waals surface area (Å²) < 4.78 is 0. The molecule has 5 heteroatoms. The molecule has 5 nitrogen and oxygen atoms in total. The number of hydrogen-bond donors (Lipinski definition) is 3. The minimum absolute atomic E-state index is 0.0216. The van der Waals surface area contributed by atoms with E-state index in [0.717, 1.165) is 11.1 Å². The Bertz CT molecular complexity index is 759. The minimum atomic E-state index is -0.504. The first-order valence-electron chi connectivity index (χ1n) is 7.08. The van der Waals surface area contributed by atoms with Crippen LogP contribution < -0.4 is 10.6 Å². The van der Waals surface area contributed by atoms with Gasteiger partial charge in [0.15, 0.2) is 0 Å². The van der Waals surface area contributed by atoms with Gasteiger partial charge >= 0.3 is 0 Å². The molecule has 0 atom stereocenters. The summed E-state index contributed by atoms with van der Waals surface area (Å²) in [6.07, 6.45) is 1.40. The molecule has 0 heterocycles. The van der Waals surface area contributed by atoms with Gasteiger partial charge in [-0.3, -0.25) is 4.79 Å². The molecule has 2 aromatic carbocycles. The topological polar surface area (TPSA) is 85.2 Å². The Labute approximate surface area is 134 Å². The number of aromatic hydroxyl groups is 1. The molecular weight excluding hydrogens is 290 g/mol. The summed E-state index contributed by atoms with van der Waals surface area (Å²) in [4.78, 5) is 12.0.